The molecule has 27 heavy (non-hydrogen) atoms. The minimum absolute atomic E-state index is 0.0390. The summed E-state index contributed by atoms with van der Waals surface area (Å²) in [6.07, 6.45) is 1.84. The first kappa shape index (κ1) is 19.1. The van der Waals surface area contributed by atoms with Crippen LogP contribution in [0.1, 0.15) is 52.9 Å². The fourth-order valence-corrected chi connectivity index (χ4v) is 5.50. The summed E-state index contributed by atoms with van der Waals surface area (Å²) in [5.41, 5.74) is -0.717. The summed E-state index contributed by atoms with van der Waals surface area (Å²) in [4.78, 5) is 35.0. The van der Waals surface area contributed by atoms with Crippen molar-refractivity contribution >= 4 is 11.9 Å². The second-order valence-electron chi connectivity index (χ2n) is 8.64. The van der Waals surface area contributed by atoms with Crippen LogP contribution in [-0.4, -0.2) is 47.4 Å². The molecular weight excluding hydrogens is 356 g/mol. The summed E-state index contributed by atoms with van der Waals surface area (Å²) in [6.45, 7) is 5.86. The smallest absolute Gasteiger partial charge is 0.335 e. The van der Waals surface area contributed by atoms with Crippen molar-refractivity contribution in [3.8, 4) is 0 Å². The van der Waals surface area contributed by atoms with Crippen molar-refractivity contribution in [2.24, 2.45) is 23.7 Å². The van der Waals surface area contributed by atoms with Crippen molar-refractivity contribution in [3.63, 3.8) is 0 Å². The van der Waals surface area contributed by atoms with E-state index < -0.39 is 35.7 Å². The van der Waals surface area contributed by atoms with Gasteiger partial charge in [0.15, 0.2) is 18.0 Å². The van der Waals surface area contributed by atoms with Gasteiger partial charge in [-0.15, -0.1) is 0 Å². The van der Waals surface area contributed by atoms with E-state index in [1.807, 2.05) is 13.8 Å². The third kappa shape index (κ3) is 2.97. The van der Waals surface area contributed by atoms with Gasteiger partial charge in [0, 0.05) is 12.3 Å². The highest BCUT2D eigenvalue weighted by Crippen LogP contribution is 2.60. The van der Waals surface area contributed by atoms with E-state index in [0.29, 0.717) is 12.3 Å². The Labute approximate surface area is 158 Å². The van der Waals surface area contributed by atoms with E-state index in [4.69, 9.17) is 29.1 Å². The SMILES string of the molecule is C[C@H]1[C@@H](C(=O)OCCC(=O)O)O[C@@H]2O[C@]3(C)CC[C@H]4[C@H](C)CC[C@@H]1C24OO3. The topological polar surface area (TPSA) is 101 Å². The number of esters is 1. The highest BCUT2D eigenvalue weighted by Gasteiger charge is 2.70. The zero-order valence-electron chi connectivity index (χ0n) is 16.0. The number of rotatable bonds is 4. The first-order valence-corrected chi connectivity index (χ1v) is 9.85. The molecule has 4 aliphatic heterocycles. The fourth-order valence-electron chi connectivity index (χ4n) is 5.50. The van der Waals surface area contributed by atoms with Crippen LogP contribution < -0.4 is 0 Å². The molecule has 5 aliphatic rings. The van der Waals surface area contributed by atoms with Crippen LogP contribution in [0.25, 0.3) is 0 Å². The van der Waals surface area contributed by atoms with E-state index in [1.165, 1.54) is 0 Å². The molecule has 8 atom stereocenters. The van der Waals surface area contributed by atoms with Crippen molar-refractivity contribution in [3.05, 3.63) is 0 Å². The maximum atomic E-state index is 12.6. The Morgan fingerprint density at radius 2 is 1.93 bits per heavy atom. The molecule has 0 aromatic carbocycles. The van der Waals surface area contributed by atoms with Gasteiger partial charge in [0.25, 0.3) is 0 Å². The van der Waals surface area contributed by atoms with Crippen LogP contribution in [0.2, 0.25) is 0 Å². The second-order valence-corrected chi connectivity index (χ2v) is 8.64. The number of aliphatic carboxylic acids is 1. The van der Waals surface area contributed by atoms with Crippen LogP contribution >= 0.6 is 0 Å². The number of carboxylic acid groups (broad SMARTS) is 1. The summed E-state index contributed by atoms with van der Waals surface area (Å²) in [6, 6.07) is 0. The number of fused-ring (bicyclic) bond motifs is 2. The molecule has 4 saturated heterocycles. The molecule has 1 saturated carbocycles. The van der Waals surface area contributed by atoms with Crippen LogP contribution in [0, 0.1) is 23.7 Å². The van der Waals surface area contributed by atoms with Crippen LogP contribution in [-0.2, 0) is 33.6 Å². The summed E-state index contributed by atoms with van der Waals surface area (Å²) in [7, 11) is 0. The van der Waals surface area contributed by atoms with Crippen molar-refractivity contribution in [2.75, 3.05) is 6.61 Å². The highest BCUT2D eigenvalue weighted by molar-refractivity contribution is 5.76. The van der Waals surface area contributed by atoms with Crippen LogP contribution in [0.3, 0.4) is 0 Å². The molecule has 0 amide bonds. The Morgan fingerprint density at radius 1 is 1.15 bits per heavy atom. The number of ether oxygens (including phenoxy) is 3. The lowest BCUT2D eigenvalue weighted by atomic mass is 9.57. The normalized spacial score (nSPS) is 48.4. The van der Waals surface area contributed by atoms with Gasteiger partial charge in [-0.3, -0.25) is 4.79 Å². The average Bonchev–Trinajstić information content (AvgIpc) is 2.84. The van der Waals surface area contributed by atoms with E-state index in [2.05, 4.69) is 6.92 Å². The maximum absolute atomic E-state index is 12.6. The van der Waals surface area contributed by atoms with Crippen molar-refractivity contribution in [2.45, 2.75) is 76.7 Å². The Morgan fingerprint density at radius 3 is 2.67 bits per heavy atom. The van der Waals surface area contributed by atoms with E-state index in [1.54, 1.807) is 0 Å². The number of carboxylic acids is 1. The van der Waals surface area contributed by atoms with Crippen LogP contribution in [0.15, 0.2) is 0 Å². The Kier molecular flexibility index (Phi) is 4.73. The lowest BCUT2D eigenvalue weighted by Gasteiger charge is -2.60. The molecule has 152 valence electrons. The van der Waals surface area contributed by atoms with Gasteiger partial charge in [0.2, 0.25) is 5.79 Å². The summed E-state index contributed by atoms with van der Waals surface area (Å²) in [5, 5.41) is 8.74. The molecule has 2 bridgehead atoms. The number of hydrogen-bond donors (Lipinski definition) is 1. The van der Waals surface area contributed by atoms with Crippen molar-refractivity contribution < 1.29 is 38.7 Å². The monoisotopic (exact) mass is 384 g/mol. The standard InChI is InChI=1S/C19H28O8/c1-10-4-5-13-11(2)15(16(22)23-9-7-14(20)21)24-17-19(13)12(10)6-8-18(3,25-17)26-27-19/h10-13,15,17H,4-9H2,1-3H3,(H,20,21)/t10-,11-,12+,13+,15+,17-,18+,19?/m1/s1. The quantitative estimate of drug-likeness (QED) is 0.582. The molecule has 5 rings (SSSR count). The lowest BCUT2D eigenvalue weighted by Crippen LogP contribution is -2.71. The minimum Gasteiger partial charge on any atom is -0.481 e. The van der Waals surface area contributed by atoms with Gasteiger partial charge >= 0.3 is 11.9 Å². The first-order valence-electron chi connectivity index (χ1n) is 9.85. The zero-order valence-corrected chi connectivity index (χ0v) is 16.0. The second kappa shape index (κ2) is 6.69. The molecule has 1 unspecified atom stereocenters. The molecule has 0 aromatic rings. The molecular formula is C19H28O8. The molecule has 1 spiro atoms. The van der Waals surface area contributed by atoms with E-state index in [0.717, 1.165) is 19.3 Å². The number of carbonyl (C=O) groups excluding carboxylic acids is 1. The van der Waals surface area contributed by atoms with Gasteiger partial charge in [-0.25, -0.2) is 14.6 Å². The largest absolute Gasteiger partial charge is 0.481 e. The van der Waals surface area contributed by atoms with Gasteiger partial charge in [0.1, 0.15) is 6.61 Å². The van der Waals surface area contributed by atoms with Gasteiger partial charge < -0.3 is 19.3 Å². The first-order chi connectivity index (χ1) is 12.8. The minimum atomic E-state index is -1.01. The lowest BCUT2D eigenvalue weighted by molar-refractivity contribution is -0.569. The molecule has 0 radical (unpaired) electrons. The van der Waals surface area contributed by atoms with E-state index in [-0.39, 0.29) is 30.8 Å². The van der Waals surface area contributed by atoms with Gasteiger partial charge in [0.05, 0.1) is 6.42 Å². The van der Waals surface area contributed by atoms with E-state index >= 15 is 0 Å². The van der Waals surface area contributed by atoms with Gasteiger partial charge in [-0.2, -0.15) is 0 Å². The highest BCUT2D eigenvalue weighted by atomic mass is 17.3. The summed E-state index contributed by atoms with van der Waals surface area (Å²) < 4.78 is 17.5. The Balaban J connectivity index is 1.60. The predicted molar refractivity (Wildman–Crippen MR) is 90.0 cm³/mol. The third-order valence-corrected chi connectivity index (χ3v) is 6.95. The number of carbonyl (C=O) groups is 2. The van der Waals surface area contributed by atoms with Gasteiger partial charge in [-0.1, -0.05) is 13.8 Å². The molecule has 0 aromatic heterocycles. The van der Waals surface area contributed by atoms with E-state index in [9.17, 15) is 9.59 Å². The maximum Gasteiger partial charge on any atom is 0.335 e. The molecule has 1 N–H and O–H groups in total. The average molecular weight is 384 g/mol. The summed E-state index contributed by atoms with van der Waals surface area (Å²) >= 11 is 0. The molecule has 4 heterocycles. The fraction of sp³-hybridized carbons (Fsp3) is 0.895. The molecule has 8 heteroatoms. The van der Waals surface area contributed by atoms with Crippen molar-refractivity contribution in [1.29, 1.82) is 0 Å². The summed E-state index contributed by atoms with van der Waals surface area (Å²) in [5.74, 6) is -1.87. The molecule has 8 nitrogen and oxygen atoms in total. The molecule has 1 aliphatic carbocycles. The van der Waals surface area contributed by atoms with Crippen molar-refractivity contribution in [1.82, 2.24) is 0 Å². The molecule has 5 fully saturated rings. The predicted octanol–water partition coefficient (Wildman–Crippen LogP) is 2.25. The Bertz CT molecular complexity index is 623. The van der Waals surface area contributed by atoms with Gasteiger partial charge in [-0.05, 0) is 43.9 Å². The Hall–Kier alpha value is -1.22. The van der Waals surface area contributed by atoms with Crippen LogP contribution in [0.4, 0.5) is 0 Å². The third-order valence-electron chi connectivity index (χ3n) is 6.95. The van der Waals surface area contributed by atoms with Crippen LogP contribution in [0.5, 0.6) is 0 Å². The number of hydrogen-bond acceptors (Lipinski definition) is 7. The zero-order chi connectivity index (χ0) is 19.4.